The highest BCUT2D eigenvalue weighted by Gasteiger charge is 2.31. The van der Waals surface area contributed by atoms with Gasteiger partial charge in [0.1, 0.15) is 11.5 Å². The van der Waals surface area contributed by atoms with Crippen LogP contribution >= 0.6 is 0 Å². The van der Waals surface area contributed by atoms with Crippen molar-refractivity contribution in [3.05, 3.63) is 58.8 Å². The maximum absolute atomic E-state index is 13.0. The molecule has 0 radical (unpaired) electrons. The standard InChI is InChI=1S/C20H24N6O3S/c1-3-24-14-19(21-15(24)2)30(28,29)26-11-9-25(10-12-26)17-13-18(27)22-23-20(17)16-7-5-4-6-8-16/h4-8,13-14H,3,9-12H2,1-2H3,(H,22,27). The first-order chi connectivity index (χ1) is 14.4. The van der Waals surface area contributed by atoms with Crippen molar-refractivity contribution in [2.24, 2.45) is 0 Å². The van der Waals surface area contributed by atoms with Gasteiger partial charge in [-0.15, -0.1) is 0 Å². The normalized spacial score (nSPS) is 15.5. The molecule has 1 fully saturated rings. The fraction of sp³-hybridized carbons (Fsp3) is 0.350. The molecule has 3 heterocycles. The number of sulfonamides is 1. The monoisotopic (exact) mass is 428 g/mol. The Morgan fingerprint density at radius 2 is 1.80 bits per heavy atom. The number of imidazole rings is 1. The Morgan fingerprint density at radius 1 is 1.10 bits per heavy atom. The summed E-state index contributed by atoms with van der Waals surface area (Å²) in [6, 6.07) is 11.1. The highest BCUT2D eigenvalue weighted by Crippen LogP contribution is 2.28. The van der Waals surface area contributed by atoms with E-state index in [0.29, 0.717) is 49.9 Å². The number of rotatable bonds is 5. The molecule has 0 aliphatic carbocycles. The van der Waals surface area contributed by atoms with Crippen LogP contribution in [0.5, 0.6) is 0 Å². The van der Waals surface area contributed by atoms with Crippen LogP contribution in [0.3, 0.4) is 0 Å². The van der Waals surface area contributed by atoms with Gasteiger partial charge < -0.3 is 9.47 Å². The van der Waals surface area contributed by atoms with Gasteiger partial charge in [-0.1, -0.05) is 30.3 Å². The molecule has 158 valence electrons. The zero-order valence-corrected chi connectivity index (χ0v) is 17.8. The highest BCUT2D eigenvalue weighted by atomic mass is 32.2. The summed E-state index contributed by atoms with van der Waals surface area (Å²) < 4.78 is 29.3. The summed E-state index contributed by atoms with van der Waals surface area (Å²) >= 11 is 0. The number of H-pyrrole nitrogens is 1. The van der Waals surface area contributed by atoms with E-state index in [1.165, 1.54) is 10.4 Å². The number of aryl methyl sites for hydroxylation is 2. The molecule has 1 N–H and O–H groups in total. The Kier molecular flexibility index (Phi) is 5.44. The smallest absolute Gasteiger partial charge is 0.266 e. The van der Waals surface area contributed by atoms with Crippen molar-refractivity contribution in [3.63, 3.8) is 0 Å². The maximum atomic E-state index is 13.0. The quantitative estimate of drug-likeness (QED) is 0.660. The Bertz CT molecular complexity index is 1190. The van der Waals surface area contributed by atoms with Crippen LogP contribution in [0, 0.1) is 6.92 Å². The summed E-state index contributed by atoms with van der Waals surface area (Å²) in [6.45, 7) is 5.94. The SMILES string of the molecule is CCn1cc(S(=O)(=O)N2CCN(c3cc(=O)[nH]nc3-c3ccccc3)CC2)nc1C. The predicted octanol–water partition coefficient (Wildman–Crippen LogP) is 1.47. The van der Waals surface area contributed by atoms with Crippen molar-refractivity contribution in [1.82, 2.24) is 24.1 Å². The fourth-order valence-corrected chi connectivity index (χ4v) is 5.08. The van der Waals surface area contributed by atoms with Crippen LogP contribution in [-0.4, -0.2) is 58.7 Å². The van der Waals surface area contributed by atoms with Crippen LogP contribution in [0.2, 0.25) is 0 Å². The van der Waals surface area contributed by atoms with Crippen LogP contribution in [0.1, 0.15) is 12.7 Å². The number of nitrogens with zero attached hydrogens (tertiary/aromatic N) is 5. The molecule has 1 saturated heterocycles. The molecule has 3 aromatic rings. The molecule has 0 unspecified atom stereocenters. The molecule has 1 aliphatic rings. The van der Waals surface area contributed by atoms with E-state index in [2.05, 4.69) is 15.2 Å². The molecule has 9 nitrogen and oxygen atoms in total. The Hall–Kier alpha value is -2.98. The average molecular weight is 429 g/mol. The maximum Gasteiger partial charge on any atom is 0.266 e. The van der Waals surface area contributed by atoms with Crippen molar-refractivity contribution in [3.8, 4) is 11.3 Å². The lowest BCUT2D eigenvalue weighted by molar-refractivity contribution is 0.383. The van der Waals surface area contributed by atoms with E-state index in [-0.39, 0.29) is 10.6 Å². The van der Waals surface area contributed by atoms with Gasteiger partial charge in [-0.25, -0.2) is 18.5 Å². The first-order valence-electron chi connectivity index (χ1n) is 9.84. The van der Waals surface area contributed by atoms with Crippen LogP contribution in [0.15, 0.2) is 52.4 Å². The lowest BCUT2D eigenvalue weighted by atomic mass is 10.1. The third-order valence-corrected chi connectivity index (χ3v) is 7.08. The minimum atomic E-state index is -3.66. The predicted molar refractivity (Wildman–Crippen MR) is 114 cm³/mol. The fourth-order valence-electron chi connectivity index (χ4n) is 3.67. The van der Waals surface area contributed by atoms with Crippen molar-refractivity contribution in [2.75, 3.05) is 31.1 Å². The van der Waals surface area contributed by atoms with Crippen LogP contribution in [0.25, 0.3) is 11.3 Å². The van der Waals surface area contributed by atoms with Crippen LogP contribution in [-0.2, 0) is 16.6 Å². The second-order valence-electron chi connectivity index (χ2n) is 7.14. The largest absolute Gasteiger partial charge is 0.367 e. The Labute approximate surface area is 175 Å². The Morgan fingerprint density at radius 3 is 2.43 bits per heavy atom. The topological polar surface area (TPSA) is 104 Å². The second-order valence-corrected chi connectivity index (χ2v) is 9.02. The van der Waals surface area contributed by atoms with Gasteiger partial charge in [-0.3, -0.25) is 4.79 Å². The first kappa shape index (κ1) is 20.3. The van der Waals surface area contributed by atoms with Gasteiger partial charge in [0.05, 0.1) is 5.69 Å². The molecule has 0 saturated carbocycles. The first-order valence-corrected chi connectivity index (χ1v) is 11.3. The molecule has 2 aromatic heterocycles. The van der Waals surface area contributed by atoms with Crippen molar-refractivity contribution < 1.29 is 8.42 Å². The average Bonchev–Trinajstić information content (AvgIpc) is 3.16. The van der Waals surface area contributed by atoms with Crippen LogP contribution < -0.4 is 10.5 Å². The minimum Gasteiger partial charge on any atom is -0.367 e. The molecule has 10 heteroatoms. The molecule has 4 rings (SSSR count). The van der Waals surface area contributed by atoms with Gasteiger partial charge in [-0.2, -0.15) is 9.40 Å². The number of hydrogen-bond acceptors (Lipinski definition) is 6. The summed E-state index contributed by atoms with van der Waals surface area (Å²) in [5, 5.41) is 6.82. The summed E-state index contributed by atoms with van der Waals surface area (Å²) in [4.78, 5) is 18.2. The van der Waals surface area contributed by atoms with Crippen molar-refractivity contribution >= 4 is 15.7 Å². The summed E-state index contributed by atoms with van der Waals surface area (Å²) in [6.07, 6.45) is 1.59. The number of benzene rings is 1. The van der Waals surface area contributed by atoms with Crippen molar-refractivity contribution in [2.45, 2.75) is 25.4 Å². The summed E-state index contributed by atoms with van der Waals surface area (Å²) in [5.74, 6) is 0.678. The van der Waals surface area contributed by atoms with E-state index < -0.39 is 10.0 Å². The van der Waals surface area contributed by atoms with E-state index in [4.69, 9.17) is 0 Å². The lowest BCUT2D eigenvalue weighted by Crippen LogP contribution is -2.49. The molecular formula is C20H24N6O3S. The lowest BCUT2D eigenvalue weighted by Gasteiger charge is -2.35. The van der Waals surface area contributed by atoms with Gasteiger partial charge in [0.2, 0.25) is 0 Å². The molecule has 0 amide bonds. The van der Waals surface area contributed by atoms with Gasteiger partial charge in [0.15, 0.2) is 5.03 Å². The number of anilines is 1. The molecule has 30 heavy (non-hydrogen) atoms. The van der Waals surface area contributed by atoms with Gasteiger partial charge in [-0.05, 0) is 13.8 Å². The number of nitrogens with one attached hydrogen (secondary N) is 1. The van der Waals surface area contributed by atoms with E-state index in [0.717, 1.165) is 5.56 Å². The molecule has 1 aliphatic heterocycles. The zero-order chi connectivity index (χ0) is 21.3. The number of aromatic nitrogens is 4. The number of aromatic amines is 1. The van der Waals surface area contributed by atoms with E-state index in [1.54, 1.807) is 13.1 Å². The third kappa shape index (κ3) is 3.75. The highest BCUT2D eigenvalue weighted by molar-refractivity contribution is 7.89. The zero-order valence-electron chi connectivity index (χ0n) is 16.9. The number of piperazine rings is 1. The number of hydrogen-bond donors (Lipinski definition) is 1. The van der Waals surface area contributed by atoms with E-state index in [1.807, 2.05) is 46.7 Å². The Balaban J connectivity index is 1.57. The molecule has 0 bridgehead atoms. The molecular weight excluding hydrogens is 404 g/mol. The van der Waals surface area contributed by atoms with Crippen molar-refractivity contribution in [1.29, 1.82) is 0 Å². The van der Waals surface area contributed by atoms with Gasteiger partial charge >= 0.3 is 0 Å². The van der Waals surface area contributed by atoms with Gasteiger partial charge in [0, 0.05) is 50.6 Å². The van der Waals surface area contributed by atoms with Crippen LogP contribution in [0.4, 0.5) is 5.69 Å². The molecule has 0 spiro atoms. The third-order valence-electron chi connectivity index (χ3n) is 5.31. The minimum absolute atomic E-state index is 0.0816. The van der Waals surface area contributed by atoms with E-state index >= 15 is 0 Å². The second kappa shape index (κ2) is 8.04. The summed E-state index contributed by atoms with van der Waals surface area (Å²) in [7, 11) is -3.66. The van der Waals surface area contributed by atoms with E-state index in [9.17, 15) is 13.2 Å². The molecule has 0 atom stereocenters. The van der Waals surface area contributed by atoms with Gasteiger partial charge in [0.25, 0.3) is 15.6 Å². The molecule has 1 aromatic carbocycles. The summed E-state index contributed by atoms with van der Waals surface area (Å²) in [5.41, 5.74) is 1.97.